The molecule has 1 atom stereocenters. The predicted octanol–water partition coefficient (Wildman–Crippen LogP) is 2.74. The Hall–Kier alpha value is -0.580. The van der Waals surface area contributed by atoms with Crippen molar-refractivity contribution >= 4 is 28.8 Å². The van der Waals surface area contributed by atoms with Crippen molar-refractivity contribution in [3.8, 4) is 0 Å². The number of thiophene rings is 1. The molecule has 5 heteroatoms. The summed E-state index contributed by atoms with van der Waals surface area (Å²) in [5.74, 6) is 0.0190. The van der Waals surface area contributed by atoms with Gasteiger partial charge in [-0.05, 0) is 31.9 Å². The Morgan fingerprint density at radius 3 is 2.88 bits per heavy atom. The Kier molecular flexibility index (Phi) is 5.80. The van der Waals surface area contributed by atoms with Crippen LogP contribution in [0, 0.1) is 0 Å². The van der Waals surface area contributed by atoms with Gasteiger partial charge in [0.25, 0.3) is 0 Å². The van der Waals surface area contributed by atoms with Crippen molar-refractivity contribution in [1.29, 1.82) is 0 Å². The van der Waals surface area contributed by atoms with E-state index in [9.17, 15) is 4.79 Å². The van der Waals surface area contributed by atoms with Crippen molar-refractivity contribution in [2.24, 2.45) is 0 Å². The second-order valence-corrected chi connectivity index (χ2v) is 5.36. The smallest absolute Gasteiger partial charge is 0.220 e. The van der Waals surface area contributed by atoms with Gasteiger partial charge in [-0.3, -0.25) is 4.79 Å². The molecule has 16 heavy (non-hydrogen) atoms. The summed E-state index contributed by atoms with van der Waals surface area (Å²) in [5.41, 5.74) is 0. The van der Waals surface area contributed by atoms with E-state index in [4.69, 9.17) is 16.7 Å². The van der Waals surface area contributed by atoms with Crippen molar-refractivity contribution in [2.45, 2.75) is 32.2 Å². The molecular formula is C11H16ClNO2S. The van der Waals surface area contributed by atoms with Gasteiger partial charge in [0.1, 0.15) is 0 Å². The Morgan fingerprint density at radius 1 is 1.56 bits per heavy atom. The molecule has 0 fully saturated rings. The first-order valence-electron chi connectivity index (χ1n) is 5.29. The molecule has 0 bridgehead atoms. The van der Waals surface area contributed by atoms with Gasteiger partial charge in [-0.15, -0.1) is 11.3 Å². The first-order chi connectivity index (χ1) is 7.63. The maximum atomic E-state index is 11.5. The van der Waals surface area contributed by atoms with Crippen LogP contribution in [-0.2, 0) is 4.79 Å². The van der Waals surface area contributed by atoms with Gasteiger partial charge in [-0.25, -0.2) is 0 Å². The molecule has 0 saturated heterocycles. The quantitative estimate of drug-likeness (QED) is 0.774. The summed E-state index contributed by atoms with van der Waals surface area (Å²) in [7, 11) is 0. The molecule has 0 saturated carbocycles. The highest BCUT2D eigenvalue weighted by atomic mass is 35.5. The lowest BCUT2D eigenvalue weighted by Crippen LogP contribution is -2.25. The first-order valence-corrected chi connectivity index (χ1v) is 6.48. The van der Waals surface area contributed by atoms with Gasteiger partial charge in [0.15, 0.2) is 0 Å². The molecule has 1 aromatic rings. The van der Waals surface area contributed by atoms with E-state index in [0.717, 1.165) is 15.6 Å². The monoisotopic (exact) mass is 261 g/mol. The van der Waals surface area contributed by atoms with Crippen molar-refractivity contribution in [2.75, 3.05) is 6.61 Å². The summed E-state index contributed by atoms with van der Waals surface area (Å²) in [6.45, 7) is 2.08. The summed E-state index contributed by atoms with van der Waals surface area (Å²) >= 11 is 7.30. The molecular weight excluding hydrogens is 246 g/mol. The molecule has 1 amide bonds. The molecule has 1 unspecified atom stereocenters. The maximum Gasteiger partial charge on any atom is 0.220 e. The topological polar surface area (TPSA) is 49.3 Å². The van der Waals surface area contributed by atoms with Crippen LogP contribution in [0.3, 0.4) is 0 Å². The summed E-state index contributed by atoms with van der Waals surface area (Å²) in [6.07, 6.45) is 1.86. The Labute approximate surface area is 104 Å². The minimum Gasteiger partial charge on any atom is -0.396 e. The van der Waals surface area contributed by atoms with Crippen LogP contribution in [0.15, 0.2) is 12.1 Å². The number of unbranched alkanes of at least 4 members (excludes halogenated alkanes) is 1. The molecule has 0 aromatic carbocycles. The molecule has 1 heterocycles. The third kappa shape index (κ3) is 4.51. The van der Waals surface area contributed by atoms with Gasteiger partial charge in [0.05, 0.1) is 10.4 Å². The Bertz CT molecular complexity index is 340. The molecule has 1 rings (SSSR count). The molecule has 0 aliphatic rings. The average molecular weight is 262 g/mol. The van der Waals surface area contributed by atoms with Crippen LogP contribution in [0.1, 0.15) is 37.1 Å². The van der Waals surface area contributed by atoms with Crippen LogP contribution in [0.4, 0.5) is 0 Å². The Balaban J connectivity index is 2.33. The lowest BCUT2D eigenvalue weighted by Gasteiger charge is -2.11. The number of aliphatic hydroxyl groups excluding tert-OH is 1. The summed E-state index contributed by atoms with van der Waals surface area (Å²) in [6, 6.07) is 3.75. The number of rotatable bonds is 6. The molecule has 90 valence electrons. The fourth-order valence-electron chi connectivity index (χ4n) is 1.34. The normalized spacial score (nSPS) is 12.4. The van der Waals surface area contributed by atoms with Crippen molar-refractivity contribution < 1.29 is 9.90 Å². The molecule has 0 spiro atoms. The summed E-state index contributed by atoms with van der Waals surface area (Å²) in [4.78, 5) is 12.5. The molecule has 1 aromatic heterocycles. The molecule has 0 aliphatic heterocycles. The number of hydrogen-bond acceptors (Lipinski definition) is 3. The first kappa shape index (κ1) is 13.5. The number of halogens is 1. The number of hydrogen-bond donors (Lipinski definition) is 2. The van der Waals surface area contributed by atoms with Crippen LogP contribution in [0.5, 0.6) is 0 Å². The van der Waals surface area contributed by atoms with Crippen LogP contribution < -0.4 is 5.32 Å². The van der Waals surface area contributed by atoms with Gasteiger partial charge in [0, 0.05) is 17.9 Å². The predicted molar refractivity (Wildman–Crippen MR) is 66.8 cm³/mol. The molecule has 0 aliphatic carbocycles. The van der Waals surface area contributed by atoms with E-state index < -0.39 is 0 Å². The highest BCUT2D eigenvalue weighted by Gasteiger charge is 2.10. The maximum absolute atomic E-state index is 11.5. The van der Waals surface area contributed by atoms with Gasteiger partial charge in [0.2, 0.25) is 5.91 Å². The summed E-state index contributed by atoms with van der Waals surface area (Å²) in [5, 5.41) is 11.5. The van der Waals surface area contributed by atoms with E-state index in [1.807, 2.05) is 19.1 Å². The van der Waals surface area contributed by atoms with Crippen LogP contribution in [0.2, 0.25) is 4.34 Å². The zero-order valence-electron chi connectivity index (χ0n) is 9.20. The zero-order valence-corrected chi connectivity index (χ0v) is 10.8. The van der Waals surface area contributed by atoms with Crippen LogP contribution in [0.25, 0.3) is 0 Å². The number of aliphatic hydroxyl groups is 1. The number of carbonyl (C=O) groups is 1. The lowest BCUT2D eigenvalue weighted by atomic mass is 10.2. The number of nitrogens with one attached hydrogen (secondary N) is 1. The molecule has 2 N–H and O–H groups in total. The molecule has 3 nitrogen and oxygen atoms in total. The van der Waals surface area contributed by atoms with Gasteiger partial charge < -0.3 is 10.4 Å². The Morgan fingerprint density at radius 2 is 2.31 bits per heavy atom. The van der Waals surface area contributed by atoms with Gasteiger partial charge in [-0.1, -0.05) is 11.6 Å². The number of carbonyl (C=O) groups excluding carboxylic acids is 1. The van der Waals surface area contributed by atoms with Crippen molar-refractivity contribution in [3.05, 3.63) is 21.3 Å². The molecule has 0 radical (unpaired) electrons. The highest BCUT2D eigenvalue weighted by Crippen LogP contribution is 2.26. The van der Waals surface area contributed by atoms with Gasteiger partial charge in [-0.2, -0.15) is 0 Å². The van der Waals surface area contributed by atoms with E-state index in [1.54, 1.807) is 0 Å². The zero-order chi connectivity index (χ0) is 12.0. The van der Waals surface area contributed by atoms with Crippen molar-refractivity contribution in [3.63, 3.8) is 0 Å². The fourth-order valence-corrected chi connectivity index (χ4v) is 2.41. The van der Waals surface area contributed by atoms with E-state index in [0.29, 0.717) is 12.8 Å². The average Bonchev–Trinajstić information content (AvgIpc) is 2.65. The second kappa shape index (κ2) is 6.89. The SMILES string of the molecule is CC(NC(=O)CCCCO)c1ccc(Cl)s1. The van der Waals surface area contributed by atoms with E-state index >= 15 is 0 Å². The largest absolute Gasteiger partial charge is 0.396 e. The summed E-state index contributed by atoms with van der Waals surface area (Å²) < 4.78 is 0.733. The fraction of sp³-hybridized carbons (Fsp3) is 0.545. The third-order valence-electron chi connectivity index (χ3n) is 2.21. The highest BCUT2D eigenvalue weighted by molar-refractivity contribution is 7.16. The van der Waals surface area contributed by atoms with Crippen molar-refractivity contribution in [1.82, 2.24) is 5.32 Å². The van der Waals surface area contributed by atoms with Crippen LogP contribution in [-0.4, -0.2) is 17.6 Å². The minimum atomic E-state index is -0.000809. The van der Waals surface area contributed by atoms with E-state index in [2.05, 4.69) is 5.32 Å². The lowest BCUT2D eigenvalue weighted by molar-refractivity contribution is -0.121. The van der Waals surface area contributed by atoms with Gasteiger partial charge >= 0.3 is 0 Å². The third-order valence-corrected chi connectivity index (χ3v) is 3.62. The van der Waals surface area contributed by atoms with Crippen LogP contribution >= 0.6 is 22.9 Å². The standard InChI is InChI=1S/C11H16ClNO2S/c1-8(9-5-6-10(12)16-9)13-11(15)4-2-3-7-14/h5-6,8,14H,2-4,7H2,1H3,(H,13,15). The van der Waals surface area contributed by atoms with E-state index in [-0.39, 0.29) is 18.6 Å². The minimum absolute atomic E-state index is 0.000809. The number of amides is 1. The van der Waals surface area contributed by atoms with E-state index in [1.165, 1.54) is 11.3 Å². The second-order valence-electron chi connectivity index (χ2n) is 3.61.